The number of nitrogens with zero attached hydrogens (tertiary/aromatic N) is 2. The molecule has 1 aromatic heterocycles. The monoisotopic (exact) mass is 499 g/mol. The number of benzene rings is 3. The molecule has 0 aliphatic rings. The van der Waals surface area contributed by atoms with Crippen molar-refractivity contribution in [2.45, 2.75) is 12.7 Å². The van der Waals surface area contributed by atoms with E-state index in [1.54, 1.807) is 36.2 Å². The minimum absolute atomic E-state index is 0.0190. The summed E-state index contributed by atoms with van der Waals surface area (Å²) in [6.07, 6.45) is -4.50. The predicted octanol–water partition coefficient (Wildman–Crippen LogP) is 5.60. The van der Waals surface area contributed by atoms with E-state index in [1.807, 2.05) is 24.3 Å². The van der Waals surface area contributed by atoms with E-state index in [0.29, 0.717) is 17.9 Å². The van der Waals surface area contributed by atoms with Crippen LogP contribution in [0.15, 0.2) is 72.8 Å². The second kappa shape index (κ2) is 10.1. The molecule has 0 bridgehead atoms. The molecule has 1 heterocycles. The molecule has 10 heteroatoms. The number of hydrogen-bond acceptors (Lipinski definition) is 5. The van der Waals surface area contributed by atoms with Gasteiger partial charge in [-0.15, -0.1) is 11.3 Å². The number of para-hydroxylation sites is 1. The number of fused-ring (bicyclic) bond motifs is 1. The van der Waals surface area contributed by atoms with E-state index in [4.69, 9.17) is 4.74 Å². The highest BCUT2D eigenvalue weighted by Crippen LogP contribution is 2.30. The van der Waals surface area contributed by atoms with Gasteiger partial charge in [-0.2, -0.15) is 13.2 Å². The normalized spacial score (nSPS) is 11.3. The van der Waals surface area contributed by atoms with E-state index in [9.17, 15) is 22.8 Å². The molecule has 1 N–H and O–H groups in total. The van der Waals surface area contributed by atoms with Crippen LogP contribution in [0.1, 0.15) is 20.9 Å². The molecule has 4 rings (SSSR count). The van der Waals surface area contributed by atoms with Crippen molar-refractivity contribution < 1.29 is 27.5 Å². The number of carbonyl (C=O) groups is 2. The fourth-order valence-electron chi connectivity index (χ4n) is 3.30. The summed E-state index contributed by atoms with van der Waals surface area (Å²) in [5.41, 5.74) is 0.497. The Kier molecular flexibility index (Phi) is 7.02. The van der Waals surface area contributed by atoms with Gasteiger partial charge in [0.1, 0.15) is 10.8 Å². The molecule has 0 fully saturated rings. The third-order valence-corrected chi connectivity index (χ3v) is 6.02. The lowest BCUT2D eigenvalue weighted by atomic mass is 10.2. The first kappa shape index (κ1) is 24.2. The Morgan fingerprint density at radius 3 is 2.49 bits per heavy atom. The molecular formula is C25H20F3N3O3S. The van der Waals surface area contributed by atoms with Crippen LogP contribution >= 0.6 is 11.3 Å². The minimum atomic E-state index is -4.50. The number of amides is 2. The van der Waals surface area contributed by atoms with Crippen molar-refractivity contribution in [2.24, 2.45) is 0 Å². The van der Waals surface area contributed by atoms with Crippen molar-refractivity contribution in [1.82, 2.24) is 9.88 Å². The molecule has 0 saturated heterocycles. The van der Waals surface area contributed by atoms with E-state index >= 15 is 0 Å². The number of ether oxygens (including phenoxy) is 1. The van der Waals surface area contributed by atoms with Crippen LogP contribution in [-0.2, 0) is 17.5 Å². The number of hydrogen-bond donors (Lipinski definition) is 1. The second-order valence-corrected chi connectivity index (χ2v) is 8.79. The zero-order valence-electron chi connectivity index (χ0n) is 18.5. The van der Waals surface area contributed by atoms with Crippen molar-refractivity contribution in [1.29, 1.82) is 0 Å². The summed E-state index contributed by atoms with van der Waals surface area (Å²) < 4.78 is 44.9. The van der Waals surface area contributed by atoms with Crippen molar-refractivity contribution in [3.05, 3.63) is 88.9 Å². The first-order valence-corrected chi connectivity index (χ1v) is 11.3. The number of nitrogens with one attached hydrogen (secondary N) is 1. The fraction of sp³-hybridized carbons (Fsp3) is 0.160. The van der Waals surface area contributed by atoms with Crippen LogP contribution in [0, 0.1) is 0 Å². The van der Waals surface area contributed by atoms with Crippen LogP contribution in [0.3, 0.4) is 0 Å². The summed E-state index contributed by atoms with van der Waals surface area (Å²) in [6.45, 7) is -0.0345. The zero-order valence-corrected chi connectivity index (χ0v) is 19.3. The molecule has 0 saturated carbocycles. The molecular weight excluding hydrogens is 479 g/mol. The Hall–Kier alpha value is -3.92. The van der Waals surface area contributed by atoms with Gasteiger partial charge in [0.25, 0.3) is 11.8 Å². The van der Waals surface area contributed by atoms with Gasteiger partial charge in [-0.3, -0.25) is 9.59 Å². The summed E-state index contributed by atoms with van der Waals surface area (Å²) in [5.74, 6) is -0.465. The molecule has 0 radical (unpaired) electrons. The van der Waals surface area contributed by atoms with Gasteiger partial charge < -0.3 is 15.0 Å². The van der Waals surface area contributed by atoms with Crippen LogP contribution in [0.5, 0.6) is 5.75 Å². The number of halogens is 3. The van der Waals surface area contributed by atoms with Crippen LogP contribution in [-0.4, -0.2) is 35.4 Å². The third-order valence-electron chi connectivity index (χ3n) is 5.00. The number of rotatable bonds is 7. The van der Waals surface area contributed by atoms with Gasteiger partial charge in [-0.25, -0.2) is 4.98 Å². The Labute approximate surface area is 203 Å². The Morgan fingerprint density at radius 2 is 1.77 bits per heavy atom. The molecule has 35 heavy (non-hydrogen) atoms. The average molecular weight is 500 g/mol. The van der Waals surface area contributed by atoms with Crippen LogP contribution < -0.4 is 10.1 Å². The Bertz CT molecular complexity index is 1320. The van der Waals surface area contributed by atoms with Gasteiger partial charge in [-0.1, -0.05) is 18.2 Å². The molecule has 4 aromatic rings. The van der Waals surface area contributed by atoms with Crippen LogP contribution in [0.2, 0.25) is 0 Å². The Balaban J connectivity index is 1.30. The number of aromatic nitrogens is 1. The minimum Gasteiger partial charge on any atom is -0.484 e. The summed E-state index contributed by atoms with van der Waals surface area (Å²) in [7, 11) is 1.69. The highest BCUT2D eigenvalue weighted by atomic mass is 32.1. The molecule has 0 spiro atoms. The first-order chi connectivity index (χ1) is 16.7. The fourth-order valence-corrected chi connectivity index (χ4v) is 4.32. The molecule has 6 nitrogen and oxygen atoms in total. The zero-order chi connectivity index (χ0) is 25.0. The molecule has 0 unspecified atom stereocenters. The van der Waals surface area contributed by atoms with E-state index in [-0.39, 0.29) is 11.6 Å². The summed E-state index contributed by atoms with van der Waals surface area (Å²) in [4.78, 5) is 30.9. The molecule has 180 valence electrons. The van der Waals surface area contributed by atoms with E-state index < -0.39 is 24.3 Å². The van der Waals surface area contributed by atoms with Crippen molar-refractivity contribution in [3.63, 3.8) is 0 Å². The molecule has 0 aliphatic heterocycles. The molecule has 2 amide bonds. The highest BCUT2D eigenvalue weighted by Gasteiger charge is 2.30. The Morgan fingerprint density at radius 1 is 1.03 bits per heavy atom. The van der Waals surface area contributed by atoms with Gasteiger partial charge in [0.2, 0.25) is 0 Å². The maximum atomic E-state index is 12.8. The number of carbonyl (C=O) groups excluding carboxylic acids is 2. The summed E-state index contributed by atoms with van der Waals surface area (Å²) >= 11 is 1.53. The summed E-state index contributed by atoms with van der Waals surface area (Å²) in [6, 6.07) is 18.4. The number of alkyl halides is 3. The maximum absolute atomic E-state index is 12.8. The van der Waals surface area contributed by atoms with Gasteiger partial charge in [-0.05, 0) is 54.6 Å². The second-order valence-electron chi connectivity index (χ2n) is 7.68. The highest BCUT2D eigenvalue weighted by molar-refractivity contribution is 7.18. The topological polar surface area (TPSA) is 71.5 Å². The largest absolute Gasteiger partial charge is 0.484 e. The lowest BCUT2D eigenvalue weighted by Gasteiger charge is -2.16. The van der Waals surface area contributed by atoms with Gasteiger partial charge in [0.15, 0.2) is 6.61 Å². The van der Waals surface area contributed by atoms with Crippen LogP contribution in [0.25, 0.3) is 10.2 Å². The predicted molar refractivity (Wildman–Crippen MR) is 127 cm³/mol. The standard InChI is InChI=1S/C25H20F3N3O3S/c1-31(14-23-30-20-7-2-3-8-21(20)35-23)24(33)16-9-11-19(12-10-16)34-15-22(32)29-18-6-4-5-17(13-18)25(26,27)28/h2-13H,14-15H2,1H3,(H,29,32). The van der Waals surface area contributed by atoms with Gasteiger partial charge >= 0.3 is 6.18 Å². The lowest BCUT2D eigenvalue weighted by Crippen LogP contribution is -2.26. The van der Waals surface area contributed by atoms with Crippen LogP contribution in [0.4, 0.5) is 18.9 Å². The van der Waals surface area contributed by atoms with E-state index in [0.717, 1.165) is 27.4 Å². The SMILES string of the molecule is CN(Cc1nc2ccccc2s1)C(=O)c1ccc(OCC(=O)Nc2cccc(C(F)(F)F)c2)cc1. The first-order valence-electron chi connectivity index (χ1n) is 10.5. The average Bonchev–Trinajstić information content (AvgIpc) is 3.24. The third kappa shape index (κ3) is 6.15. The summed E-state index contributed by atoms with van der Waals surface area (Å²) in [5, 5.41) is 3.20. The van der Waals surface area contributed by atoms with Crippen molar-refractivity contribution >= 4 is 39.1 Å². The van der Waals surface area contributed by atoms with Gasteiger partial charge in [0.05, 0.1) is 22.3 Å². The smallest absolute Gasteiger partial charge is 0.416 e. The van der Waals surface area contributed by atoms with Crippen molar-refractivity contribution in [2.75, 3.05) is 19.0 Å². The maximum Gasteiger partial charge on any atom is 0.416 e. The molecule has 3 aromatic carbocycles. The van der Waals surface area contributed by atoms with E-state index in [1.165, 1.54) is 23.5 Å². The van der Waals surface area contributed by atoms with Gasteiger partial charge in [0, 0.05) is 18.3 Å². The lowest BCUT2D eigenvalue weighted by molar-refractivity contribution is -0.137. The molecule has 0 atom stereocenters. The number of anilines is 1. The quantitative estimate of drug-likeness (QED) is 0.359. The number of thiazole rings is 1. The van der Waals surface area contributed by atoms with Crippen molar-refractivity contribution in [3.8, 4) is 5.75 Å². The molecule has 0 aliphatic carbocycles. The van der Waals surface area contributed by atoms with E-state index in [2.05, 4.69) is 10.3 Å².